The van der Waals surface area contributed by atoms with Crippen molar-refractivity contribution in [2.24, 2.45) is 0 Å². The molecule has 2 nitrogen and oxygen atoms in total. The number of fused-ring (bicyclic) bond motifs is 5. The fraction of sp³-hybridized carbons (Fsp3) is 0. The van der Waals surface area contributed by atoms with Gasteiger partial charge < -0.3 is 4.90 Å². The molecule has 4 heteroatoms. The maximum Gasteiger partial charge on any atom is 0.124 e. The molecule has 0 N–H and O–H groups in total. The number of benzene rings is 9. The Morgan fingerprint density at radius 2 is 0.877 bits per heavy atom. The summed E-state index contributed by atoms with van der Waals surface area (Å²) in [4.78, 5) is 7.45. The Morgan fingerprint density at radius 3 is 1.56 bits per heavy atom. The van der Waals surface area contributed by atoms with Crippen LogP contribution >= 0.6 is 22.7 Å². The standard InChI is InChI=1S/C53H34N2S2/c1-4-12-35(13-5-1)36-20-25-41(26-21-36)55(49-30-29-43(38-14-6-2-7-15-38)44-18-10-11-19-45(44)49)42-27-22-37(23-28-42)40-24-31-50-46(32-40)47-33-48-52(34-51(47)56-50)57-53(54-48)39-16-8-3-9-17-39/h1-34H. The predicted molar refractivity (Wildman–Crippen MR) is 246 cm³/mol. The average molecular weight is 763 g/mol. The number of nitrogens with zero attached hydrogens (tertiary/aromatic N) is 2. The van der Waals surface area contributed by atoms with Crippen molar-refractivity contribution in [2.45, 2.75) is 0 Å². The van der Waals surface area contributed by atoms with Gasteiger partial charge in [-0.3, -0.25) is 0 Å². The molecule has 0 aliphatic rings. The molecule has 0 unspecified atom stereocenters. The lowest BCUT2D eigenvalue weighted by molar-refractivity contribution is 1.30. The van der Waals surface area contributed by atoms with Crippen LogP contribution in [0.2, 0.25) is 0 Å². The molecule has 11 rings (SSSR count). The molecule has 11 aromatic rings. The van der Waals surface area contributed by atoms with Crippen molar-refractivity contribution >= 4 is 80.9 Å². The minimum absolute atomic E-state index is 1.06. The fourth-order valence-corrected chi connectivity index (χ4v) is 10.3. The molecule has 0 fully saturated rings. The van der Waals surface area contributed by atoms with Crippen molar-refractivity contribution in [3.63, 3.8) is 0 Å². The number of thiazole rings is 1. The van der Waals surface area contributed by atoms with Crippen LogP contribution in [0.4, 0.5) is 17.1 Å². The highest BCUT2D eigenvalue weighted by Crippen LogP contribution is 2.44. The third kappa shape index (κ3) is 6.07. The number of anilines is 3. The van der Waals surface area contributed by atoms with Crippen molar-refractivity contribution < 1.29 is 0 Å². The Balaban J connectivity index is 1.000. The topological polar surface area (TPSA) is 16.1 Å². The Hall–Kier alpha value is -6.85. The van der Waals surface area contributed by atoms with E-state index in [0.717, 1.165) is 33.1 Å². The monoisotopic (exact) mass is 762 g/mol. The Labute approximate surface area is 339 Å². The van der Waals surface area contributed by atoms with E-state index in [2.05, 4.69) is 211 Å². The van der Waals surface area contributed by atoms with Crippen LogP contribution in [0, 0.1) is 0 Å². The summed E-state index contributed by atoms with van der Waals surface area (Å²) >= 11 is 3.63. The van der Waals surface area contributed by atoms with E-state index in [9.17, 15) is 0 Å². The molecule has 0 spiro atoms. The largest absolute Gasteiger partial charge is 0.310 e. The van der Waals surface area contributed by atoms with Gasteiger partial charge in [-0.25, -0.2) is 4.98 Å². The third-order valence-corrected chi connectivity index (χ3v) is 13.1. The highest BCUT2D eigenvalue weighted by molar-refractivity contribution is 7.26. The first-order valence-electron chi connectivity index (χ1n) is 19.2. The normalized spacial score (nSPS) is 11.5. The van der Waals surface area contributed by atoms with E-state index >= 15 is 0 Å². The lowest BCUT2D eigenvalue weighted by Crippen LogP contribution is -2.10. The molecule has 9 aromatic carbocycles. The van der Waals surface area contributed by atoms with Gasteiger partial charge in [0, 0.05) is 42.5 Å². The van der Waals surface area contributed by atoms with Gasteiger partial charge >= 0.3 is 0 Å². The predicted octanol–water partition coefficient (Wildman–Crippen LogP) is 16.0. The number of rotatable bonds is 7. The van der Waals surface area contributed by atoms with E-state index in [1.54, 1.807) is 11.3 Å². The second kappa shape index (κ2) is 14.0. The number of hydrogen-bond acceptors (Lipinski definition) is 4. The van der Waals surface area contributed by atoms with Crippen LogP contribution < -0.4 is 4.90 Å². The zero-order valence-corrected chi connectivity index (χ0v) is 32.5. The number of aromatic nitrogens is 1. The van der Waals surface area contributed by atoms with Crippen LogP contribution in [0.1, 0.15) is 0 Å². The maximum atomic E-state index is 5.05. The number of thiophene rings is 1. The Kier molecular flexibility index (Phi) is 8.24. The van der Waals surface area contributed by atoms with Gasteiger partial charge in [0.25, 0.3) is 0 Å². The molecule has 268 valence electrons. The molecule has 0 aliphatic heterocycles. The van der Waals surface area contributed by atoms with Gasteiger partial charge in [0.15, 0.2) is 0 Å². The summed E-state index contributed by atoms with van der Waals surface area (Å²) in [5, 5.41) is 6.04. The molecule has 0 amide bonds. The lowest BCUT2D eigenvalue weighted by Gasteiger charge is -2.28. The van der Waals surface area contributed by atoms with Gasteiger partial charge in [0.1, 0.15) is 5.01 Å². The zero-order chi connectivity index (χ0) is 37.7. The van der Waals surface area contributed by atoms with Gasteiger partial charge in [-0.2, -0.15) is 0 Å². The maximum absolute atomic E-state index is 5.05. The first-order valence-corrected chi connectivity index (χ1v) is 20.8. The molecule has 0 saturated carbocycles. The summed E-state index contributed by atoms with van der Waals surface area (Å²) in [6, 6.07) is 74.6. The van der Waals surface area contributed by atoms with Crippen molar-refractivity contribution in [3.8, 4) is 44.0 Å². The Morgan fingerprint density at radius 1 is 0.333 bits per heavy atom. The molecule has 0 radical (unpaired) electrons. The summed E-state index contributed by atoms with van der Waals surface area (Å²) in [6.45, 7) is 0. The summed E-state index contributed by atoms with van der Waals surface area (Å²) in [5.74, 6) is 0. The summed E-state index contributed by atoms with van der Waals surface area (Å²) < 4.78 is 3.82. The van der Waals surface area contributed by atoms with Gasteiger partial charge in [-0.1, -0.05) is 152 Å². The molecule has 2 aromatic heterocycles. The van der Waals surface area contributed by atoms with E-state index in [1.165, 1.54) is 69.0 Å². The molecule has 0 atom stereocenters. The second-order valence-corrected chi connectivity index (χ2v) is 16.5. The van der Waals surface area contributed by atoms with Crippen LogP contribution in [0.5, 0.6) is 0 Å². The van der Waals surface area contributed by atoms with E-state index in [4.69, 9.17) is 4.98 Å². The van der Waals surface area contributed by atoms with Crippen LogP contribution in [0.3, 0.4) is 0 Å². The highest BCUT2D eigenvalue weighted by Gasteiger charge is 2.18. The minimum Gasteiger partial charge on any atom is -0.310 e. The van der Waals surface area contributed by atoms with Crippen LogP contribution in [0.15, 0.2) is 206 Å². The lowest BCUT2D eigenvalue weighted by atomic mass is 9.96. The van der Waals surface area contributed by atoms with Crippen molar-refractivity contribution in [1.29, 1.82) is 0 Å². The van der Waals surface area contributed by atoms with Crippen molar-refractivity contribution in [3.05, 3.63) is 206 Å². The smallest absolute Gasteiger partial charge is 0.124 e. The van der Waals surface area contributed by atoms with Gasteiger partial charge in [0.05, 0.1) is 15.9 Å². The molecule has 57 heavy (non-hydrogen) atoms. The van der Waals surface area contributed by atoms with E-state index < -0.39 is 0 Å². The van der Waals surface area contributed by atoms with Crippen LogP contribution in [0.25, 0.3) is 85.1 Å². The van der Waals surface area contributed by atoms with E-state index in [0.29, 0.717) is 0 Å². The third-order valence-electron chi connectivity index (χ3n) is 10.9. The minimum atomic E-state index is 1.06. The van der Waals surface area contributed by atoms with Gasteiger partial charge in [-0.05, 0) is 93.4 Å². The summed E-state index contributed by atoms with van der Waals surface area (Å²) in [7, 11) is 0. The van der Waals surface area contributed by atoms with Gasteiger partial charge in [0.2, 0.25) is 0 Å². The highest BCUT2D eigenvalue weighted by atomic mass is 32.1. The molecule has 0 aliphatic carbocycles. The fourth-order valence-electron chi connectivity index (χ4n) is 8.09. The first-order chi connectivity index (χ1) is 28.2. The second-order valence-electron chi connectivity index (χ2n) is 14.4. The van der Waals surface area contributed by atoms with Crippen LogP contribution in [-0.4, -0.2) is 4.98 Å². The molecule has 0 saturated heterocycles. The quantitative estimate of drug-likeness (QED) is 0.161. The van der Waals surface area contributed by atoms with E-state index in [-0.39, 0.29) is 0 Å². The van der Waals surface area contributed by atoms with Crippen molar-refractivity contribution in [2.75, 3.05) is 4.90 Å². The molecule has 2 heterocycles. The van der Waals surface area contributed by atoms with Gasteiger partial charge in [-0.15, -0.1) is 22.7 Å². The average Bonchev–Trinajstić information content (AvgIpc) is 3.87. The zero-order valence-electron chi connectivity index (χ0n) is 30.8. The first kappa shape index (κ1) is 33.5. The van der Waals surface area contributed by atoms with Crippen LogP contribution in [-0.2, 0) is 0 Å². The summed E-state index contributed by atoms with van der Waals surface area (Å²) in [6.07, 6.45) is 0. The number of hydrogen-bond donors (Lipinski definition) is 0. The Bertz CT molecular complexity index is 3200. The van der Waals surface area contributed by atoms with E-state index in [1.807, 2.05) is 11.3 Å². The summed E-state index contributed by atoms with van der Waals surface area (Å²) in [5.41, 5.74) is 12.8. The van der Waals surface area contributed by atoms with Crippen molar-refractivity contribution in [1.82, 2.24) is 4.98 Å². The molecule has 0 bridgehead atoms. The molecular weight excluding hydrogens is 729 g/mol. The molecular formula is C53H34N2S2. The SMILES string of the molecule is c1ccc(-c2ccc(N(c3ccc(-c4ccc5sc6cc7sc(-c8ccccc8)nc7cc6c5c4)cc3)c3ccc(-c4ccccc4)c4ccccc34)cc2)cc1.